The Morgan fingerprint density at radius 3 is 2.56 bits per heavy atom. The Hall–Kier alpha value is -1.69. The molecule has 1 amide bonds. The van der Waals surface area contributed by atoms with Crippen LogP contribution in [0.2, 0.25) is 0 Å². The quantitative estimate of drug-likeness (QED) is 0.840. The minimum Gasteiger partial charge on any atom is -0.361 e. The average molecular weight is 345 g/mol. The van der Waals surface area contributed by atoms with Gasteiger partial charge in [-0.05, 0) is 52.6 Å². The first-order valence-electron chi connectivity index (χ1n) is 9.41. The number of carbonyl (C=O) groups excluding carboxylic acids is 1. The predicted molar refractivity (Wildman–Crippen MR) is 99.8 cm³/mol. The lowest BCUT2D eigenvalue weighted by Gasteiger charge is -2.45. The first kappa shape index (κ1) is 18.1. The van der Waals surface area contributed by atoms with Gasteiger partial charge in [0.15, 0.2) is 0 Å². The molecule has 2 saturated heterocycles. The van der Waals surface area contributed by atoms with E-state index in [4.69, 9.17) is 4.98 Å². The number of likely N-dealkylation sites (N-methyl/N-ethyl adjacent to an activating group) is 1. The summed E-state index contributed by atoms with van der Waals surface area (Å²) >= 11 is 0. The fourth-order valence-corrected chi connectivity index (χ4v) is 4.03. The summed E-state index contributed by atoms with van der Waals surface area (Å²) in [6.45, 7) is 4.78. The molecule has 1 atom stereocenters. The normalized spacial score (nSPS) is 25.8. The van der Waals surface area contributed by atoms with Gasteiger partial charge in [0.05, 0.1) is 17.4 Å². The molecule has 2 fully saturated rings. The van der Waals surface area contributed by atoms with Crippen molar-refractivity contribution >= 4 is 11.7 Å². The van der Waals surface area contributed by atoms with Gasteiger partial charge in [-0.3, -0.25) is 14.7 Å². The van der Waals surface area contributed by atoms with Crippen LogP contribution in [0.5, 0.6) is 0 Å². The van der Waals surface area contributed by atoms with Crippen LogP contribution in [0.1, 0.15) is 50.6 Å². The van der Waals surface area contributed by atoms with E-state index >= 15 is 0 Å². The Kier molecular flexibility index (Phi) is 5.27. The van der Waals surface area contributed by atoms with Gasteiger partial charge < -0.3 is 9.80 Å². The molecule has 138 valence electrons. The van der Waals surface area contributed by atoms with Gasteiger partial charge in [-0.25, -0.2) is 4.98 Å². The molecule has 1 aromatic rings. The van der Waals surface area contributed by atoms with Crippen molar-refractivity contribution in [2.24, 2.45) is 0 Å². The van der Waals surface area contributed by atoms with E-state index < -0.39 is 0 Å². The topological polar surface area (TPSA) is 52.6 Å². The molecule has 0 spiro atoms. The standard InChI is InChI=1S/C19H31N5O/c1-19(9-5-6-10-23(19)4)18(25)24-11-7-15(8-12-24)16-13-20-14-17(21-16)22(2)3/h13-15H,5-12H2,1-4H3. The number of hydrogen-bond acceptors (Lipinski definition) is 5. The Balaban J connectivity index is 1.64. The number of aromatic nitrogens is 2. The van der Waals surface area contributed by atoms with Gasteiger partial charge in [-0.1, -0.05) is 0 Å². The molecule has 25 heavy (non-hydrogen) atoms. The van der Waals surface area contributed by atoms with E-state index in [1.807, 2.05) is 25.2 Å². The number of piperidine rings is 2. The summed E-state index contributed by atoms with van der Waals surface area (Å²) in [7, 11) is 6.05. The van der Waals surface area contributed by atoms with Crippen LogP contribution in [-0.4, -0.2) is 72.0 Å². The zero-order chi connectivity index (χ0) is 18.0. The lowest BCUT2D eigenvalue weighted by Crippen LogP contribution is -2.59. The predicted octanol–water partition coefficient (Wildman–Crippen LogP) is 2.12. The molecule has 2 aliphatic heterocycles. The number of likely N-dealkylation sites (tertiary alicyclic amines) is 2. The SMILES string of the molecule is CN(C)c1cncc(C2CCN(C(=O)C3(C)CCCCN3C)CC2)n1. The van der Waals surface area contributed by atoms with Crippen molar-refractivity contribution in [1.29, 1.82) is 0 Å². The lowest BCUT2D eigenvalue weighted by molar-refractivity contribution is -0.146. The summed E-state index contributed by atoms with van der Waals surface area (Å²) < 4.78 is 0. The van der Waals surface area contributed by atoms with Gasteiger partial charge in [0, 0.05) is 39.3 Å². The Bertz CT molecular complexity index is 612. The number of carbonyl (C=O) groups is 1. The largest absolute Gasteiger partial charge is 0.361 e. The van der Waals surface area contributed by atoms with Crippen LogP contribution in [0.15, 0.2) is 12.4 Å². The van der Waals surface area contributed by atoms with Crippen LogP contribution < -0.4 is 4.90 Å². The van der Waals surface area contributed by atoms with Gasteiger partial charge in [-0.2, -0.15) is 0 Å². The van der Waals surface area contributed by atoms with Gasteiger partial charge >= 0.3 is 0 Å². The van der Waals surface area contributed by atoms with Gasteiger partial charge in [0.1, 0.15) is 5.82 Å². The highest BCUT2D eigenvalue weighted by Crippen LogP contribution is 2.32. The van der Waals surface area contributed by atoms with E-state index in [-0.39, 0.29) is 5.54 Å². The Morgan fingerprint density at radius 2 is 1.92 bits per heavy atom. The Labute approximate surface area is 151 Å². The molecule has 1 unspecified atom stereocenters. The van der Waals surface area contributed by atoms with Crippen molar-refractivity contribution in [3.8, 4) is 0 Å². The van der Waals surface area contributed by atoms with E-state index in [1.165, 1.54) is 6.42 Å². The number of rotatable bonds is 3. The zero-order valence-electron chi connectivity index (χ0n) is 16.0. The van der Waals surface area contributed by atoms with Crippen LogP contribution in [0.25, 0.3) is 0 Å². The number of hydrogen-bond donors (Lipinski definition) is 0. The third-order valence-corrected chi connectivity index (χ3v) is 6.01. The highest BCUT2D eigenvalue weighted by atomic mass is 16.2. The molecule has 6 heteroatoms. The summed E-state index contributed by atoms with van der Waals surface area (Å²) in [5, 5.41) is 0. The van der Waals surface area contributed by atoms with E-state index in [0.717, 1.165) is 56.8 Å². The van der Waals surface area contributed by atoms with Gasteiger partial charge in [0.25, 0.3) is 0 Å². The average Bonchev–Trinajstić information content (AvgIpc) is 2.64. The van der Waals surface area contributed by atoms with Crippen molar-refractivity contribution in [3.63, 3.8) is 0 Å². The summed E-state index contributed by atoms with van der Waals surface area (Å²) in [6, 6.07) is 0. The molecule has 0 N–H and O–H groups in total. The minimum atomic E-state index is -0.324. The van der Waals surface area contributed by atoms with E-state index in [0.29, 0.717) is 11.8 Å². The summed E-state index contributed by atoms with van der Waals surface area (Å²) in [5.41, 5.74) is 0.731. The molecule has 0 aromatic carbocycles. The maximum Gasteiger partial charge on any atom is 0.242 e. The fourth-order valence-electron chi connectivity index (χ4n) is 4.03. The van der Waals surface area contributed by atoms with Crippen LogP contribution in [0.4, 0.5) is 5.82 Å². The van der Waals surface area contributed by atoms with Crippen molar-refractivity contribution in [1.82, 2.24) is 19.8 Å². The molecule has 3 heterocycles. The van der Waals surface area contributed by atoms with Crippen molar-refractivity contribution in [3.05, 3.63) is 18.1 Å². The third kappa shape index (κ3) is 3.64. The van der Waals surface area contributed by atoms with Gasteiger partial charge in [0.2, 0.25) is 5.91 Å². The number of nitrogens with zero attached hydrogens (tertiary/aromatic N) is 5. The number of anilines is 1. The highest BCUT2D eigenvalue weighted by molar-refractivity contribution is 5.86. The monoisotopic (exact) mass is 345 g/mol. The smallest absolute Gasteiger partial charge is 0.242 e. The van der Waals surface area contributed by atoms with Crippen LogP contribution in [-0.2, 0) is 4.79 Å². The van der Waals surface area contributed by atoms with E-state index in [9.17, 15) is 4.79 Å². The fraction of sp³-hybridized carbons (Fsp3) is 0.737. The van der Waals surface area contributed by atoms with Crippen molar-refractivity contribution in [2.45, 2.75) is 50.5 Å². The number of amides is 1. The summed E-state index contributed by atoms with van der Waals surface area (Å²) in [5.74, 6) is 1.60. The maximum atomic E-state index is 13.1. The third-order valence-electron chi connectivity index (χ3n) is 6.01. The second-order valence-electron chi connectivity index (χ2n) is 7.92. The van der Waals surface area contributed by atoms with Crippen molar-refractivity contribution < 1.29 is 4.79 Å². The van der Waals surface area contributed by atoms with Gasteiger partial charge in [-0.15, -0.1) is 0 Å². The highest BCUT2D eigenvalue weighted by Gasteiger charge is 2.42. The molecule has 0 bridgehead atoms. The molecule has 0 aliphatic carbocycles. The molecule has 6 nitrogen and oxygen atoms in total. The first-order valence-corrected chi connectivity index (χ1v) is 9.41. The second-order valence-corrected chi connectivity index (χ2v) is 7.92. The van der Waals surface area contributed by atoms with E-state index in [1.54, 1.807) is 6.20 Å². The van der Waals surface area contributed by atoms with Crippen molar-refractivity contribution in [2.75, 3.05) is 45.7 Å². The summed E-state index contributed by atoms with van der Waals surface area (Å²) in [6.07, 6.45) is 8.93. The van der Waals surface area contributed by atoms with Crippen LogP contribution in [0.3, 0.4) is 0 Å². The molecule has 2 aliphatic rings. The first-order chi connectivity index (χ1) is 11.9. The zero-order valence-corrected chi connectivity index (χ0v) is 16.0. The molecule has 3 rings (SSSR count). The second kappa shape index (κ2) is 7.28. The molecule has 0 saturated carbocycles. The lowest BCUT2D eigenvalue weighted by atomic mass is 9.86. The van der Waals surface area contributed by atoms with Crippen LogP contribution in [0, 0.1) is 0 Å². The van der Waals surface area contributed by atoms with Crippen LogP contribution >= 0.6 is 0 Å². The molecular formula is C19H31N5O. The minimum absolute atomic E-state index is 0.307. The van der Waals surface area contributed by atoms with E-state index in [2.05, 4.69) is 28.8 Å². The maximum absolute atomic E-state index is 13.1. The molecular weight excluding hydrogens is 314 g/mol. The summed E-state index contributed by atoms with van der Waals surface area (Å²) in [4.78, 5) is 28.5. The Morgan fingerprint density at radius 1 is 1.20 bits per heavy atom. The molecule has 1 aromatic heterocycles. The molecule has 0 radical (unpaired) electrons.